The first kappa shape index (κ1) is 12.0. The molecule has 0 aromatic heterocycles. The molecule has 1 heterocycles. The second kappa shape index (κ2) is 5.21. The lowest BCUT2D eigenvalue weighted by molar-refractivity contribution is 0.0761. The third kappa shape index (κ3) is 2.78. The van der Waals surface area contributed by atoms with E-state index in [-0.39, 0.29) is 5.91 Å². The summed E-state index contributed by atoms with van der Waals surface area (Å²) in [4.78, 5) is 14.3. The summed E-state index contributed by atoms with van der Waals surface area (Å²) < 4.78 is 0. The van der Waals surface area contributed by atoms with E-state index >= 15 is 0 Å². The zero-order valence-corrected chi connectivity index (χ0v) is 10.4. The average molecular weight is 232 g/mol. The van der Waals surface area contributed by atoms with Gasteiger partial charge >= 0.3 is 0 Å². The van der Waals surface area contributed by atoms with Crippen LogP contribution in [0.25, 0.3) is 0 Å². The standard InChI is InChI=1S/C14H20N2O/c1-11-10-12(15)6-7-13(11)14(17)16-8-4-2-3-5-9-16/h6-7,10H,2-5,8-9,15H2,1H3. The molecule has 2 N–H and O–H groups in total. The fourth-order valence-corrected chi connectivity index (χ4v) is 2.37. The summed E-state index contributed by atoms with van der Waals surface area (Å²) in [6, 6.07) is 5.51. The Morgan fingerprint density at radius 1 is 1.18 bits per heavy atom. The fraction of sp³-hybridized carbons (Fsp3) is 0.500. The first-order chi connectivity index (χ1) is 8.18. The molecule has 17 heavy (non-hydrogen) atoms. The molecule has 3 nitrogen and oxygen atoms in total. The van der Waals surface area contributed by atoms with Crippen molar-refractivity contribution >= 4 is 11.6 Å². The smallest absolute Gasteiger partial charge is 0.254 e. The molecule has 0 aliphatic carbocycles. The van der Waals surface area contributed by atoms with Crippen LogP contribution in [0.15, 0.2) is 18.2 Å². The van der Waals surface area contributed by atoms with Crippen molar-refractivity contribution in [2.24, 2.45) is 0 Å². The number of hydrogen-bond donors (Lipinski definition) is 1. The number of carbonyl (C=O) groups is 1. The van der Waals surface area contributed by atoms with Crippen molar-refractivity contribution in [3.8, 4) is 0 Å². The number of anilines is 1. The Bertz CT molecular complexity index is 407. The van der Waals surface area contributed by atoms with Gasteiger partial charge in [-0.25, -0.2) is 0 Å². The number of carbonyl (C=O) groups excluding carboxylic acids is 1. The lowest BCUT2D eigenvalue weighted by atomic mass is 10.1. The minimum absolute atomic E-state index is 0.157. The highest BCUT2D eigenvalue weighted by atomic mass is 16.2. The molecule has 2 rings (SSSR count). The van der Waals surface area contributed by atoms with Crippen LogP contribution in [-0.4, -0.2) is 23.9 Å². The van der Waals surface area contributed by atoms with Gasteiger partial charge in [0.15, 0.2) is 0 Å². The van der Waals surface area contributed by atoms with Crippen LogP contribution in [0.2, 0.25) is 0 Å². The number of amides is 1. The van der Waals surface area contributed by atoms with Gasteiger partial charge in [-0.3, -0.25) is 4.79 Å². The van der Waals surface area contributed by atoms with Gasteiger partial charge in [-0.1, -0.05) is 12.8 Å². The third-order valence-corrected chi connectivity index (χ3v) is 3.37. The van der Waals surface area contributed by atoms with Crippen molar-refractivity contribution in [1.82, 2.24) is 4.90 Å². The van der Waals surface area contributed by atoms with Gasteiger partial charge in [0.2, 0.25) is 0 Å². The fourth-order valence-electron chi connectivity index (χ4n) is 2.37. The van der Waals surface area contributed by atoms with E-state index in [1.54, 1.807) is 6.07 Å². The first-order valence-electron chi connectivity index (χ1n) is 6.34. The summed E-state index contributed by atoms with van der Waals surface area (Å²) in [5.74, 6) is 0.157. The summed E-state index contributed by atoms with van der Waals surface area (Å²) in [5, 5.41) is 0. The van der Waals surface area contributed by atoms with Crippen LogP contribution in [0.3, 0.4) is 0 Å². The van der Waals surface area contributed by atoms with Crippen molar-refractivity contribution in [2.75, 3.05) is 18.8 Å². The van der Waals surface area contributed by atoms with E-state index in [1.807, 2.05) is 24.0 Å². The van der Waals surface area contributed by atoms with Gasteiger partial charge < -0.3 is 10.6 Å². The number of benzene rings is 1. The number of hydrogen-bond acceptors (Lipinski definition) is 2. The van der Waals surface area contributed by atoms with E-state index in [0.717, 1.165) is 42.7 Å². The predicted molar refractivity (Wildman–Crippen MR) is 70.0 cm³/mol. The Morgan fingerprint density at radius 2 is 1.82 bits per heavy atom. The zero-order valence-electron chi connectivity index (χ0n) is 10.4. The van der Waals surface area contributed by atoms with Crippen molar-refractivity contribution < 1.29 is 4.79 Å². The SMILES string of the molecule is Cc1cc(N)ccc1C(=O)N1CCCCCC1. The topological polar surface area (TPSA) is 46.3 Å². The third-order valence-electron chi connectivity index (χ3n) is 3.37. The van der Waals surface area contributed by atoms with Crippen LogP contribution in [0, 0.1) is 6.92 Å². The van der Waals surface area contributed by atoms with Gasteiger partial charge in [0.05, 0.1) is 0 Å². The summed E-state index contributed by atoms with van der Waals surface area (Å²) in [7, 11) is 0. The van der Waals surface area contributed by atoms with Gasteiger partial charge in [0.25, 0.3) is 5.91 Å². The van der Waals surface area contributed by atoms with Crippen molar-refractivity contribution in [1.29, 1.82) is 0 Å². The molecule has 1 aliphatic heterocycles. The molecule has 1 aromatic rings. The van der Waals surface area contributed by atoms with E-state index in [2.05, 4.69) is 0 Å². The zero-order chi connectivity index (χ0) is 12.3. The molecule has 3 heteroatoms. The second-order valence-corrected chi connectivity index (χ2v) is 4.78. The van der Waals surface area contributed by atoms with Crippen LogP contribution in [-0.2, 0) is 0 Å². The average Bonchev–Trinajstić information content (AvgIpc) is 2.56. The molecule has 1 aliphatic rings. The summed E-state index contributed by atoms with van der Waals surface area (Å²) in [5.41, 5.74) is 8.19. The van der Waals surface area contributed by atoms with Crippen LogP contribution in [0.4, 0.5) is 5.69 Å². The quantitative estimate of drug-likeness (QED) is 0.756. The van der Waals surface area contributed by atoms with Crippen molar-refractivity contribution in [3.63, 3.8) is 0 Å². The maximum Gasteiger partial charge on any atom is 0.254 e. The maximum atomic E-state index is 12.4. The van der Waals surface area contributed by atoms with E-state index < -0.39 is 0 Å². The van der Waals surface area contributed by atoms with Gasteiger partial charge in [-0.2, -0.15) is 0 Å². The van der Waals surface area contributed by atoms with Crippen molar-refractivity contribution in [2.45, 2.75) is 32.6 Å². The molecule has 1 fully saturated rings. The second-order valence-electron chi connectivity index (χ2n) is 4.78. The number of rotatable bonds is 1. The Hall–Kier alpha value is -1.51. The molecular formula is C14H20N2O. The van der Waals surface area contributed by atoms with Gasteiger partial charge in [-0.15, -0.1) is 0 Å². The molecule has 92 valence electrons. The number of nitrogens with two attached hydrogens (primary N) is 1. The molecule has 0 bridgehead atoms. The Kier molecular flexibility index (Phi) is 3.67. The van der Waals surface area contributed by atoms with E-state index in [4.69, 9.17) is 5.73 Å². The molecule has 0 atom stereocenters. The molecule has 0 unspecified atom stereocenters. The Balaban J connectivity index is 2.17. The van der Waals surface area contributed by atoms with E-state index in [1.165, 1.54) is 12.8 Å². The molecule has 0 saturated carbocycles. The minimum atomic E-state index is 0.157. The molecule has 1 amide bonds. The predicted octanol–water partition coefficient (Wildman–Crippen LogP) is 2.59. The Morgan fingerprint density at radius 3 is 2.41 bits per heavy atom. The van der Waals surface area contributed by atoms with Gasteiger partial charge in [-0.05, 0) is 43.5 Å². The number of nitrogens with zero attached hydrogens (tertiary/aromatic N) is 1. The molecule has 1 saturated heterocycles. The van der Waals surface area contributed by atoms with Crippen LogP contribution >= 0.6 is 0 Å². The van der Waals surface area contributed by atoms with E-state index in [9.17, 15) is 4.79 Å². The highest BCUT2D eigenvalue weighted by molar-refractivity contribution is 5.96. The largest absolute Gasteiger partial charge is 0.399 e. The molecular weight excluding hydrogens is 212 g/mol. The maximum absolute atomic E-state index is 12.4. The normalized spacial score (nSPS) is 16.6. The number of aryl methyl sites for hydroxylation is 1. The highest BCUT2D eigenvalue weighted by Crippen LogP contribution is 2.17. The minimum Gasteiger partial charge on any atom is -0.399 e. The van der Waals surface area contributed by atoms with Gasteiger partial charge in [0.1, 0.15) is 0 Å². The van der Waals surface area contributed by atoms with Crippen LogP contribution < -0.4 is 5.73 Å². The summed E-state index contributed by atoms with van der Waals surface area (Å²) >= 11 is 0. The molecule has 1 aromatic carbocycles. The van der Waals surface area contributed by atoms with Gasteiger partial charge in [0, 0.05) is 24.3 Å². The highest BCUT2D eigenvalue weighted by Gasteiger charge is 2.18. The lowest BCUT2D eigenvalue weighted by Crippen LogP contribution is -2.32. The molecule has 0 spiro atoms. The summed E-state index contributed by atoms with van der Waals surface area (Å²) in [6.45, 7) is 3.73. The summed E-state index contributed by atoms with van der Waals surface area (Å²) in [6.07, 6.45) is 4.73. The molecule has 0 radical (unpaired) electrons. The number of nitrogen functional groups attached to an aromatic ring is 1. The van der Waals surface area contributed by atoms with E-state index in [0.29, 0.717) is 0 Å². The first-order valence-corrected chi connectivity index (χ1v) is 6.34. The van der Waals surface area contributed by atoms with Crippen LogP contribution in [0.5, 0.6) is 0 Å². The lowest BCUT2D eigenvalue weighted by Gasteiger charge is -2.21. The van der Waals surface area contributed by atoms with Crippen LogP contribution in [0.1, 0.15) is 41.6 Å². The van der Waals surface area contributed by atoms with Crippen molar-refractivity contribution in [3.05, 3.63) is 29.3 Å². The number of likely N-dealkylation sites (tertiary alicyclic amines) is 1. The monoisotopic (exact) mass is 232 g/mol. The Labute approximate surface area is 103 Å².